The van der Waals surface area contributed by atoms with Crippen molar-refractivity contribution >= 4 is 17.5 Å². The Morgan fingerprint density at radius 3 is 2.75 bits per heavy atom. The number of likely N-dealkylation sites (tertiary alicyclic amines) is 1. The summed E-state index contributed by atoms with van der Waals surface area (Å²) in [6.45, 7) is 4.34. The molecule has 0 saturated carbocycles. The molecular formula is C18H25ClFN3O. The second kappa shape index (κ2) is 6.98. The normalized spacial score (nSPS) is 26.8. The number of nitrogens with zero attached hydrogens (tertiary/aromatic N) is 3. The molecule has 2 aliphatic rings. The van der Waals surface area contributed by atoms with E-state index in [0.717, 1.165) is 44.6 Å². The number of benzene rings is 1. The van der Waals surface area contributed by atoms with E-state index >= 15 is 0 Å². The van der Waals surface area contributed by atoms with Crippen LogP contribution in [0, 0.1) is 5.82 Å². The van der Waals surface area contributed by atoms with Crippen molar-refractivity contribution in [3.63, 3.8) is 0 Å². The van der Waals surface area contributed by atoms with E-state index < -0.39 is 0 Å². The van der Waals surface area contributed by atoms with Crippen LogP contribution in [0.25, 0.3) is 0 Å². The van der Waals surface area contributed by atoms with E-state index in [1.54, 1.807) is 6.07 Å². The van der Waals surface area contributed by atoms with Crippen molar-refractivity contribution in [1.82, 2.24) is 14.7 Å². The summed E-state index contributed by atoms with van der Waals surface area (Å²) in [4.78, 5) is 18.7. The van der Waals surface area contributed by atoms with Crippen LogP contribution in [-0.4, -0.2) is 66.4 Å². The zero-order valence-corrected chi connectivity index (χ0v) is 15.2. The van der Waals surface area contributed by atoms with E-state index in [4.69, 9.17) is 11.6 Å². The molecule has 132 valence electrons. The first-order valence-corrected chi connectivity index (χ1v) is 8.89. The second-order valence-electron chi connectivity index (χ2n) is 7.17. The molecule has 0 radical (unpaired) electrons. The first-order chi connectivity index (χ1) is 11.4. The third-order valence-electron chi connectivity index (χ3n) is 5.61. The lowest BCUT2D eigenvalue weighted by molar-refractivity contribution is -0.129. The number of carbonyl (C=O) groups is 1. The van der Waals surface area contributed by atoms with Crippen molar-refractivity contribution in [3.8, 4) is 0 Å². The summed E-state index contributed by atoms with van der Waals surface area (Å²) in [6.07, 6.45) is 2.47. The van der Waals surface area contributed by atoms with Gasteiger partial charge in [-0.15, -0.1) is 0 Å². The maximum Gasteiger partial charge on any atom is 0.222 e. The van der Waals surface area contributed by atoms with Gasteiger partial charge in [-0.1, -0.05) is 17.7 Å². The maximum absolute atomic E-state index is 13.7. The van der Waals surface area contributed by atoms with Gasteiger partial charge in [-0.25, -0.2) is 4.39 Å². The molecular weight excluding hydrogens is 329 g/mol. The predicted octanol–water partition coefficient (Wildman–Crippen LogP) is 2.61. The molecule has 2 fully saturated rings. The average molecular weight is 354 g/mol. The van der Waals surface area contributed by atoms with Crippen molar-refractivity contribution in [2.45, 2.75) is 31.3 Å². The zero-order chi connectivity index (χ0) is 17.3. The molecule has 0 aromatic heterocycles. The van der Waals surface area contributed by atoms with Gasteiger partial charge in [-0.3, -0.25) is 14.6 Å². The van der Waals surface area contributed by atoms with E-state index in [1.807, 2.05) is 18.0 Å². The molecule has 1 aromatic carbocycles. The van der Waals surface area contributed by atoms with Gasteiger partial charge < -0.3 is 4.90 Å². The highest BCUT2D eigenvalue weighted by molar-refractivity contribution is 6.30. The topological polar surface area (TPSA) is 26.8 Å². The summed E-state index contributed by atoms with van der Waals surface area (Å²) in [5.74, 6) is -0.128. The van der Waals surface area contributed by atoms with Crippen LogP contribution < -0.4 is 0 Å². The second-order valence-corrected chi connectivity index (χ2v) is 7.58. The van der Waals surface area contributed by atoms with Crippen LogP contribution >= 0.6 is 11.6 Å². The Morgan fingerprint density at radius 1 is 1.21 bits per heavy atom. The van der Waals surface area contributed by atoms with Gasteiger partial charge in [0, 0.05) is 51.7 Å². The van der Waals surface area contributed by atoms with E-state index in [1.165, 1.54) is 6.07 Å². The Bertz CT molecular complexity index is 626. The Labute approximate surface area is 148 Å². The number of likely N-dealkylation sites (N-methyl/N-ethyl adjacent to an activating group) is 1. The molecule has 1 spiro atoms. The summed E-state index contributed by atoms with van der Waals surface area (Å²) in [5.41, 5.74) is 0.974. The average Bonchev–Trinajstić information content (AvgIpc) is 2.69. The summed E-state index contributed by atoms with van der Waals surface area (Å²) in [6, 6.07) is 5.04. The molecule has 6 heteroatoms. The van der Waals surface area contributed by atoms with E-state index in [9.17, 15) is 9.18 Å². The fraction of sp³-hybridized carbons (Fsp3) is 0.611. The van der Waals surface area contributed by atoms with Crippen LogP contribution in [0.15, 0.2) is 18.2 Å². The van der Waals surface area contributed by atoms with Crippen molar-refractivity contribution < 1.29 is 9.18 Å². The van der Waals surface area contributed by atoms with Gasteiger partial charge in [0.25, 0.3) is 0 Å². The van der Waals surface area contributed by atoms with Crippen molar-refractivity contribution in [2.24, 2.45) is 0 Å². The van der Waals surface area contributed by atoms with Gasteiger partial charge in [0.15, 0.2) is 0 Å². The molecule has 0 aliphatic carbocycles. The summed E-state index contributed by atoms with van der Waals surface area (Å²) >= 11 is 5.77. The van der Waals surface area contributed by atoms with Gasteiger partial charge in [-0.2, -0.15) is 0 Å². The highest BCUT2D eigenvalue weighted by atomic mass is 35.5. The molecule has 1 aromatic rings. The summed E-state index contributed by atoms with van der Waals surface area (Å²) in [5, 5.41) is 0.166. The largest absolute Gasteiger partial charge is 0.346 e. The first kappa shape index (κ1) is 17.6. The third-order valence-corrected chi connectivity index (χ3v) is 5.92. The number of hydrogen-bond donors (Lipinski definition) is 0. The Balaban J connectivity index is 1.73. The van der Waals surface area contributed by atoms with E-state index in [0.29, 0.717) is 13.0 Å². The minimum atomic E-state index is -0.361. The van der Waals surface area contributed by atoms with Crippen LogP contribution in [0.3, 0.4) is 0 Å². The molecule has 3 rings (SSSR count). The maximum atomic E-state index is 13.7. The lowest BCUT2D eigenvalue weighted by Gasteiger charge is -2.49. The number of amides is 1. The number of halogens is 2. The Morgan fingerprint density at radius 2 is 2.00 bits per heavy atom. The van der Waals surface area contributed by atoms with Gasteiger partial charge in [0.05, 0.1) is 5.02 Å². The van der Waals surface area contributed by atoms with Gasteiger partial charge in [0.1, 0.15) is 5.82 Å². The Kier molecular flexibility index (Phi) is 5.13. The Hall–Kier alpha value is -1.17. The summed E-state index contributed by atoms with van der Waals surface area (Å²) in [7, 11) is 4.05. The monoisotopic (exact) mass is 353 g/mol. The van der Waals surface area contributed by atoms with Crippen LogP contribution in [0.5, 0.6) is 0 Å². The molecule has 0 bridgehead atoms. The predicted molar refractivity (Wildman–Crippen MR) is 93.5 cm³/mol. The SMILES string of the molecule is CN1CC[C@]2(CCC1=O)CN(Cc1ccc(Cl)c(F)c1)CCN2C. The third kappa shape index (κ3) is 3.58. The molecule has 4 nitrogen and oxygen atoms in total. The number of hydrogen-bond acceptors (Lipinski definition) is 3. The number of carbonyl (C=O) groups excluding carboxylic acids is 1. The molecule has 1 atom stereocenters. The standard InChI is InChI=1S/C18H25ClFN3O/c1-21-8-7-18(6-5-17(21)24)13-23(10-9-22(18)2)12-14-3-4-15(19)16(20)11-14/h3-4,11H,5-10,12-13H2,1-2H3/t18-/m1/s1. The van der Waals surface area contributed by atoms with E-state index in [2.05, 4.69) is 16.8 Å². The quantitative estimate of drug-likeness (QED) is 0.817. The number of piperazine rings is 1. The van der Waals surface area contributed by atoms with E-state index in [-0.39, 0.29) is 22.3 Å². The minimum Gasteiger partial charge on any atom is -0.346 e. The van der Waals surface area contributed by atoms with Gasteiger partial charge in [0.2, 0.25) is 5.91 Å². The van der Waals surface area contributed by atoms with Crippen LogP contribution in [0.1, 0.15) is 24.8 Å². The van der Waals surface area contributed by atoms with Crippen LogP contribution in [-0.2, 0) is 11.3 Å². The van der Waals surface area contributed by atoms with Crippen molar-refractivity contribution in [3.05, 3.63) is 34.6 Å². The molecule has 0 N–H and O–H groups in total. The molecule has 2 heterocycles. The molecule has 0 unspecified atom stereocenters. The van der Waals surface area contributed by atoms with Crippen molar-refractivity contribution in [1.29, 1.82) is 0 Å². The first-order valence-electron chi connectivity index (χ1n) is 8.51. The molecule has 24 heavy (non-hydrogen) atoms. The van der Waals surface area contributed by atoms with Gasteiger partial charge in [-0.05, 0) is 37.6 Å². The van der Waals surface area contributed by atoms with Crippen molar-refractivity contribution in [2.75, 3.05) is 40.3 Å². The minimum absolute atomic E-state index is 0.0314. The van der Waals surface area contributed by atoms with Gasteiger partial charge >= 0.3 is 0 Å². The summed E-state index contributed by atoms with van der Waals surface area (Å²) < 4.78 is 13.7. The lowest BCUT2D eigenvalue weighted by Crippen LogP contribution is -2.60. The highest BCUT2D eigenvalue weighted by Gasteiger charge is 2.41. The fourth-order valence-electron chi connectivity index (χ4n) is 3.87. The fourth-order valence-corrected chi connectivity index (χ4v) is 3.99. The number of rotatable bonds is 2. The molecule has 2 saturated heterocycles. The lowest BCUT2D eigenvalue weighted by atomic mass is 9.86. The van der Waals surface area contributed by atoms with Crippen LogP contribution in [0.4, 0.5) is 4.39 Å². The van der Waals surface area contributed by atoms with Crippen LogP contribution in [0.2, 0.25) is 5.02 Å². The molecule has 1 amide bonds. The molecule has 2 aliphatic heterocycles. The smallest absolute Gasteiger partial charge is 0.222 e. The highest BCUT2D eigenvalue weighted by Crippen LogP contribution is 2.32. The zero-order valence-electron chi connectivity index (χ0n) is 14.4.